The van der Waals surface area contributed by atoms with E-state index in [2.05, 4.69) is 15.1 Å². The molecule has 1 fully saturated rings. The van der Waals surface area contributed by atoms with Gasteiger partial charge < -0.3 is 14.7 Å². The molecule has 1 aliphatic heterocycles. The van der Waals surface area contributed by atoms with Gasteiger partial charge in [-0.25, -0.2) is 0 Å². The summed E-state index contributed by atoms with van der Waals surface area (Å²) in [6.07, 6.45) is 1.59. The van der Waals surface area contributed by atoms with Crippen LogP contribution in [-0.4, -0.2) is 70.6 Å². The Morgan fingerprint density at radius 2 is 1.73 bits per heavy atom. The van der Waals surface area contributed by atoms with Crippen molar-refractivity contribution in [2.45, 2.75) is 39.7 Å². The van der Waals surface area contributed by atoms with Gasteiger partial charge in [-0.15, -0.1) is 10.2 Å². The van der Waals surface area contributed by atoms with Crippen molar-refractivity contribution in [3.05, 3.63) is 76.8 Å². The van der Waals surface area contributed by atoms with E-state index in [0.717, 1.165) is 42.0 Å². The summed E-state index contributed by atoms with van der Waals surface area (Å²) in [6.45, 7) is 8.69. The van der Waals surface area contributed by atoms with E-state index >= 15 is 0 Å². The number of nitrogens with zero attached hydrogens (tertiary/aromatic N) is 5. The number of carbonyl (C=O) groups excluding carboxylic acids is 2. The number of hydrogen-bond acceptors (Lipinski definition) is 5. The average molecular weight is 520 g/mol. The molecule has 0 radical (unpaired) electrons. The predicted molar refractivity (Wildman–Crippen MR) is 148 cm³/mol. The number of amides is 2. The first-order valence-electron chi connectivity index (χ1n) is 12.9. The summed E-state index contributed by atoms with van der Waals surface area (Å²) in [5.74, 6) is 0.663. The molecule has 8 heteroatoms. The van der Waals surface area contributed by atoms with Gasteiger partial charge in [-0.3, -0.25) is 9.59 Å². The monoisotopic (exact) mass is 519 g/mol. The fourth-order valence-electron chi connectivity index (χ4n) is 4.56. The van der Waals surface area contributed by atoms with Crippen LogP contribution in [0.25, 0.3) is 11.3 Å². The molecule has 0 aliphatic carbocycles. The van der Waals surface area contributed by atoms with E-state index in [4.69, 9.17) is 11.6 Å². The van der Waals surface area contributed by atoms with E-state index in [1.807, 2.05) is 86.3 Å². The topological polar surface area (TPSA) is 69.6 Å². The Kier molecular flexibility index (Phi) is 8.77. The number of anilines is 1. The van der Waals surface area contributed by atoms with Gasteiger partial charge in [-0.1, -0.05) is 54.9 Å². The van der Waals surface area contributed by atoms with Crippen LogP contribution in [0.15, 0.2) is 60.7 Å². The molecule has 3 aromatic rings. The van der Waals surface area contributed by atoms with Gasteiger partial charge in [-0.2, -0.15) is 0 Å². The molecule has 0 bridgehead atoms. The lowest BCUT2D eigenvalue weighted by atomic mass is 10.1. The van der Waals surface area contributed by atoms with Crippen LogP contribution in [0, 0.1) is 6.92 Å². The average Bonchev–Trinajstić information content (AvgIpc) is 3.18. The second kappa shape index (κ2) is 12.2. The maximum absolute atomic E-state index is 13.4. The largest absolute Gasteiger partial charge is 0.353 e. The second-order valence-corrected chi connectivity index (χ2v) is 9.89. The van der Waals surface area contributed by atoms with E-state index in [1.165, 1.54) is 0 Å². The molecule has 1 aromatic heterocycles. The molecule has 1 aliphatic rings. The summed E-state index contributed by atoms with van der Waals surface area (Å²) in [5.41, 5.74) is 3.14. The Balaban J connectivity index is 1.41. The maximum atomic E-state index is 13.4. The molecular formula is C29H34ClN5O2. The van der Waals surface area contributed by atoms with Crippen molar-refractivity contribution in [3.8, 4) is 11.3 Å². The zero-order chi connectivity index (χ0) is 26.4. The van der Waals surface area contributed by atoms with Gasteiger partial charge in [0.1, 0.15) is 6.54 Å². The first kappa shape index (κ1) is 26.6. The van der Waals surface area contributed by atoms with Crippen molar-refractivity contribution in [3.63, 3.8) is 0 Å². The lowest BCUT2D eigenvalue weighted by molar-refractivity contribution is -0.132. The van der Waals surface area contributed by atoms with Crippen LogP contribution < -0.4 is 4.90 Å². The van der Waals surface area contributed by atoms with Gasteiger partial charge in [0.05, 0.1) is 10.7 Å². The Bertz CT molecular complexity index is 1230. The van der Waals surface area contributed by atoms with Crippen LogP contribution in [0.4, 0.5) is 5.82 Å². The highest BCUT2D eigenvalue weighted by molar-refractivity contribution is 6.33. The Hall–Kier alpha value is -3.45. The van der Waals surface area contributed by atoms with Crippen LogP contribution >= 0.6 is 11.6 Å². The first-order valence-corrected chi connectivity index (χ1v) is 13.2. The second-order valence-electron chi connectivity index (χ2n) is 9.48. The Morgan fingerprint density at radius 1 is 0.973 bits per heavy atom. The highest BCUT2D eigenvalue weighted by Gasteiger charge is 2.27. The number of aromatic nitrogens is 2. The summed E-state index contributed by atoms with van der Waals surface area (Å²) in [4.78, 5) is 32.5. The van der Waals surface area contributed by atoms with E-state index in [0.29, 0.717) is 30.2 Å². The van der Waals surface area contributed by atoms with E-state index in [1.54, 1.807) is 4.90 Å². The predicted octanol–water partition coefficient (Wildman–Crippen LogP) is 5.09. The van der Waals surface area contributed by atoms with Crippen molar-refractivity contribution < 1.29 is 9.59 Å². The number of hydrogen-bond donors (Lipinski definition) is 0. The molecule has 2 heterocycles. The van der Waals surface area contributed by atoms with Gasteiger partial charge in [-0.05, 0) is 56.5 Å². The summed E-state index contributed by atoms with van der Waals surface area (Å²) in [5, 5.41) is 9.47. The van der Waals surface area contributed by atoms with Crippen LogP contribution in [0.5, 0.6) is 0 Å². The zero-order valence-electron chi connectivity index (χ0n) is 21.7. The molecule has 0 spiro atoms. The van der Waals surface area contributed by atoms with E-state index in [-0.39, 0.29) is 24.4 Å². The van der Waals surface area contributed by atoms with Gasteiger partial charge in [0.15, 0.2) is 5.82 Å². The lowest BCUT2D eigenvalue weighted by Gasteiger charge is -2.31. The van der Waals surface area contributed by atoms with Gasteiger partial charge >= 0.3 is 0 Å². The highest BCUT2D eigenvalue weighted by atomic mass is 35.5. The molecule has 0 saturated carbocycles. The summed E-state index contributed by atoms with van der Waals surface area (Å²) in [6, 6.07) is 19.0. The Labute approximate surface area is 224 Å². The molecule has 1 atom stereocenters. The highest BCUT2D eigenvalue weighted by Crippen LogP contribution is 2.26. The molecule has 1 saturated heterocycles. The van der Waals surface area contributed by atoms with Gasteiger partial charge in [0, 0.05) is 43.3 Å². The summed E-state index contributed by atoms with van der Waals surface area (Å²) >= 11 is 6.30. The third-order valence-electron chi connectivity index (χ3n) is 7.04. The van der Waals surface area contributed by atoms with Crippen molar-refractivity contribution >= 4 is 29.2 Å². The minimum Gasteiger partial charge on any atom is -0.353 e. The molecule has 194 valence electrons. The van der Waals surface area contributed by atoms with Crippen molar-refractivity contribution in [2.24, 2.45) is 0 Å². The fourth-order valence-corrected chi connectivity index (χ4v) is 4.80. The van der Waals surface area contributed by atoms with Crippen LogP contribution in [0.3, 0.4) is 0 Å². The number of benzene rings is 2. The van der Waals surface area contributed by atoms with E-state index in [9.17, 15) is 9.59 Å². The number of aryl methyl sites for hydroxylation is 1. The van der Waals surface area contributed by atoms with Gasteiger partial charge in [0.25, 0.3) is 5.91 Å². The minimum absolute atomic E-state index is 0.0239. The van der Waals surface area contributed by atoms with Crippen LogP contribution in [0.2, 0.25) is 5.02 Å². The van der Waals surface area contributed by atoms with Crippen molar-refractivity contribution in [2.75, 3.05) is 37.6 Å². The van der Waals surface area contributed by atoms with E-state index < -0.39 is 0 Å². The SMILES string of the molecule is CC[C@H](C)N(CC(=O)N1CCCN(c2ccc(-c3ccccc3Cl)nn2)CC1)C(=O)c1ccccc1C. The molecule has 7 nitrogen and oxygen atoms in total. The molecule has 0 N–H and O–H groups in total. The summed E-state index contributed by atoms with van der Waals surface area (Å²) in [7, 11) is 0. The minimum atomic E-state index is -0.0915. The van der Waals surface area contributed by atoms with Crippen molar-refractivity contribution in [1.29, 1.82) is 0 Å². The van der Waals surface area contributed by atoms with Crippen LogP contribution in [-0.2, 0) is 4.79 Å². The first-order chi connectivity index (χ1) is 17.9. The standard InChI is InChI=1S/C29H34ClN5O2/c1-4-22(3)35(29(37)23-11-6-5-10-21(23)2)20-28(36)34-17-9-16-33(18-19-34)27-15-14-26(31-32-27)24-12-7-8-13-25(24)30/h5-8,10-15,22H,4,9,16-20H2,1-3H3/t22-/m0/s1. The third-order valence-corrected chi connectivity index (χ3v) is 7.37. The molecular weight excluding hydrogens is 486 g/mol. The lowest BCUT2D eigenvalue weighted by Crippen LogP contribution is -2.47. The number of carbonyl (C=O) groups is 2. The van der Waals surface area contributed by atoms with Crippen molar-refractivity contribution in [1.82, 2.24) is 20.0 Å². The molecule has 2 aromatic carbocycles. The normalized spacial score (nSPS) is 14.7. The third kappa shape index (κ3) is 6.28. The zero-order valence-corrected chi connectivity index (χ0v) is 22.5. The molecule has 37 heavy (non-hydrogen) atoms. The Morgan fingerprint density at radius 3 is 2.43 bits per heavy atom. The maximum Gasteiger partial charge on any atom is 0.254 e. The quantitative estimate of drug-likeness (QED) is 0.435. The molecule has 2 amide bonds. The van der Waals surface area contributed by atoms with Gasteiger partial charge in [0.2, 0.25) is 5.91 Å². The molecule has 0 unspecified atom stereocenters. The summed E-state index contributed by atoms with van der Waals surface area (Å²) < 4.78 is 0. The van der Waals surface area contributed by atoms with Crippen LogP contribution in [0.1, 0.15) is 42.6 Å². The smallest absolute Gasteiger partial charge is 0.254 e. The number of halogens is 1. The molecule has 4 rings (SSSR count). The fraction of sp³-hybridized carbons (Fsp3) is 0.379. The number of rotatable bonds is 7.